The van der Waals surface area contributed by atoms with Gasteiger partial charge in [-0.15, -0.1) is 0 Å². The van der Waals surface area contributed by atoms with Gasteiger partial charge in [-0.05, 0) is 6.92 Å². The number of nitrogens with one attached hydrogen (secondary N) is 1. The van der Waals surface area contributed by atoms with Crippen molar-refractivity contribution in [1.29, 1.82) is 0 Å². The minimum atomic E-state index is -2.90. The maximum Gasteiger partial charge on any atom is 0.274 e. The summed E-state index contributed by atoms with van der Waals surface area (Å²) < 4.78 is 25.4. The fourth-order valence-electron chi connectivity index (χ4n) is 1.15. The predicted molar refractivity (Wildman–Crippen MR) is 56.7 cm³/mol. The summed E-state index contributed by atoms with van der Waals surface area (Å²) in [6.07, 6.45) is -3.33. The number of nitrogen functional groups attached to an aromatic ring is 1. The maximum atomic E-state index is 12.0. The van der Waals surface area contributed by atoms with Gasteiger partial charge in [0.1, 0.15) is 6.10 Å². The van der Waals surface area contributed by atoms with E-state index in [1.165, 1.54) is 10.9 Å². The van der Waals surface area contributed by atoms with Crippen LogP contribution in [0.2, 0.25) is 0 Å². The van der Waals surface area contributed by atoms with E-state index in [9.17, 15) is 13.6 Å². The average Bonchev–Trinajstić information content (AvgIpc) is 2.66. The van der Waals surface area contributed by atoms with Crippen molar-refractivity contribution in [2.45, 2.75) is 26.0 Å². The van der Waals surface area contributed by atoms with E-state index in [4.69, 9.17) is 10.8 Å². The Kier molecular flexibility index (Phi) is 4.38. The van der Waals surface area contributed by atoms with Crippen LogP contribution in [-0.2, 0) is 6.54 Å². The second-order valence-corrected chi connectivity index (χ2v) is 3.40. The van der Waals surface area contributed by atoms with E-state index in [-0.39, 0.29) is 11.4 Å². The van der Waals surface area contributed by atoms with Gasteiger partial charge in [0.05, 0.1) is 5.69 Å². The van der Waals surface area contributed by atoms with Gasteiger partial charge in [-0.25, -0.2) is 8.78 Å². The number of hydrogen-bond acceptors (Lipinski definition) is 4. The average molecular weight is 248 g/mol. The molecule has 8 heteroatoms. The minimum Gasteiger partial charge on any atom is -0.396 e. The normalized spacial score (nSPS) is 12.8. The predicted octanol–water partition coefficient (Wildman–Crippen LogP) is -0.159. The molecule has 0 spiro atoms. The largest absolute Gasteiger partial charge is 0.396 e. The number of nitrogens with two attached hydrogens (primary N) is 1. The van der Waals surface area contributed by atoms with Gasteiger partial charge in [-0.1, -0.05) is 0 Å². The number of carbonyl (C=O) groups is 1. The first-order chi connectivity index (χ1) is 7.95. The molecule has 1 aromatic heterocycles. The molecule has 96 valence electrons. The number of aliphatic hydroxyl groups is 1. The molecule has 0 aromatic carbocycles. The summed E-state index contributed by atoms with van der Waals surface area (Å²) in [7, 11) is 0. The number of aliphatic hydroxyl groups excluding tert-OH is 1. The number of hydrogen-bond donors (Lipinski definition) is 3. The van der Waals surface area contributed by atoms with Crippen LogP contribution in [0.25, 0.3) is 0 Å². The topological polar surface area (TPSA) is 93.2 Å². The van der Waals surface area contributed by atoms with Crippen molar-refractivity contribution in [3.8, 4) is 0 Å². The van der Waals surface area contributed by atoms with Gasteiger partial charge >= 0.3 is 0 Å². The SMILES string of the molecule is CCn1cc(N)c(C(=O)NCC(O)C(F)F)n1. The zero-order valence-corrected chi connectivity index (χ0v) is 9.23. The summed E-state index contributed by atoms with van der Waals surface area (Å²) in [6, 6.07) is 0. The highest BCUT2D eigenvalue weighted by Gasteiger charge is 2.20. The third kappa shape index (κ3) is 3.38. The Labute approximate surface area is 96.4 Å². The number of anilines is 1. The molecule has 1 heterocycles. The number of nitrogens with zero attached hydrogens (tertiary/aromatic N) is 2. The number of rotatable bonds is 5. The lowest BCUT2D eigenvalue weighted by Crippen LogP contribution is -2.36. The monoisotopic (exact) mass is 248 g/mol. The molecular formula is C9H14F2N4O2. The van der Waals surface area contributed by atoms with Crippen LogP contribution in [0.1, 0.15) is 17.4 Å². The highest BCUT2D eigenvalue weighted by molar-refractivity contribution is 5.96. The van der Waals surface area contributed by atoms with Crippen LogP contribution in [-0.4, -0.2) is 39.9 Å². The fraction of sp³-hybridized carbons (Fsp3) is 0.556. The van der Waals surface area contributed by atoms with Gasteiger partial charge in [0, 0.05) is 19.3 Å². The van der Waals surface area contributed by atoms with Crippen molar-refractivity contribution in [3.63, 3.8) is 0 Å². The number of aromatic nitrogens is 2. The molecular weight excluding hydrogens is 234 g/mol. The van der Waals surface area contributed by atoms with Crippen LogP contribution >= 0.6 is 0 Å². The first-order valence-corrected chi connectivity index (χ1v) is 5.03. The summed E-state index contributed by atoms with van der Waals surface area (Å²) >= 11 is 0. The van der Waals surface area contributed by atoms with Crippen molar-refractivity contribution in [2.24, 2.45) is 0 Å². The van der Waals surface area contributed by atoms with Gasteiger partial charge in [0.2, 0.25) is 0 Å². The summed E-state index contributed by atoms with van der Waals surface area (Å²) in [4.78, 5) is 11.5. The highest BCUT2D eigenvalue weighted by atomic mass is 19.3. The van der Waals surface area contributed by atoms with Gasteiger partial charge in [-0.2, -0.15) is 5.10 Å². The first-order valence-electron chi connectivity index (χ1n) is 5.03. The minimum absolute atomic E-state index is 0.0340. The lowest BCUT2D eigenvalue weighted by molar-refractivity contribution is -0.00272. The molecule has 0 fully saturated rings. The lowest BCUT2D eigenvalue weighted by atomic mass is 10.3. The molecule has 0 bridgehead atoms. The Morgan fingerprint density at radius 3 is 2.82 bits per heavy atom. The number of halogens is 2. The van der Waals surface area contributed by atoms with Crippen LogP contribution in [0.3, 0.4) is 0 Å². The smallest absolute Gasteiger partial charge is 0.274 e. The fourth-order valence-corrected chi connectivity index (χ4v) is 1.15. The van der Waals surface area contributed by atoms with Gasteiger partial charge in [0.25, 0.3) is 12.3 Å². The van der Waals surface area contributed by atoms with Crippen LogP contribution in [0.5, 0.6) is 0 Å². The third-order valence-electron chi connectivity index (χ3n) is 2.09. The summed E-state index contributed by atoms with van der Waals surface area (Å²) in [5.41, 5.74) is 5.66. The van der Waals surface area contributed by atoms with Crippen LogP contribution in [0, 0.1) is 0 Å². The van der Waals surface area contributed by atoms with Crippen molar-refractivity contribution < 1.29 is 18.7 Å². The molecule has 6 nitrogen and oxygen atoms in total. The van der Waals surface area contributed by atoms with Gasteiger partial charge in [-0.3, -0.25) is 9.48 Å². The van der Waals surface area contributed by atoms with E-state index in [2.05, 4.69) is 10.4 Å². The molecule has 1 amide bonds. The summed E-state index contributed by atoms with van der Waals surface area (Å²) in [5.74, 6) is -0.686. The first kappa shape index (κ1) is 13.4. The van der Waals surface area contributed by atoms with E-state index < -0.39 is 25.0 Å². The van der Waals surface area contributed by atoms with E-state index >= 15 is 0 Å². The highest BCUT2D eigenvalue weighted by Crippen LogP contribution is 2.08. The van der Waals surface area contributed by atoms with Gasteiger partial charge < -0.3 is 16.2 Å². The maximum absolute atomic E-state index is 12.0. The zero-order valence-electron chi connectivity index (χ0n) is 9.23. The van der Waals surface area contributed by atoms with E-state index in [1.807, 2.05) is 6.92 Å². The molecule has 0 aliphatic rings. The van der Waals surface area contributed by atoms with Crippen molar-refractivity contribution in [1.82, 2.24) is 15.1 Å². The Morgan fingerprint density at radius 2 is 2.35 bits per heavy atom. The Balaban J connectivity index is 2.60. The second kappa shape index (κ2) is 5.58. The number of carbonyl (C=O) groups excluding carboxylic acids is 1. The summed E-state index contributed by atoms with van der Waals surface area (Å²) in [6.45, 7) is 1.81. The second-order valence-electron chi connectivity index (χ2n) is 3.40. The van der Waals surface area contributed by atoms with Gasteiger partial charge in [0.15, 0.2) is 5.69 Å². The molecule has 4 N–H and O–H groups in total. The molecule has 0 aliphatic carbocycles. The van der Waals surface area contributed by atoms with E-state index in [1.54, 1.807) is 0 Å². The quantitative estimate of drug-likeness (QED) is 0.675. The van der Waals surface area contributed by atoms with Crippen molar-refractivity contribution in [3.05, 3.63) is 11.9 Å². The van der Waals surface area contributed by atoms with Crippen molar-refractivity contribution in [2.75, 3.05) is 12.3 Å². The third-order valence-corrected chi connectivity index (χ3v) is 2.09. The molecule has 0 saturated heterocycles. The van der Waals surface area contributed by atoms with Crippen LogP contribution in [0.4, 0.5) is 14.5 Å². The molecule has 1 atom stereocenters. The molecule has 0 saturated carbocycles. The van der Waals surface area contributed by atoms with Crippen LogP contribution in [0.15, 0.2) is 6.20 Å². The van der Waals surface area contributed by atoms with E-state index in [0.29, 0.717) is 6.54 Å². The number of aryl methyl sites for hydroxylation is 1. The van der Waals surface area contributed by atoms with Crippen molar-refractivity contribution >= 4 is 11.6 Å². The molecule has 17 heavy (non-hydrogen) atoms. The number of amides is 1. The molecule has 1 rings (SSSR count). The molecule has 0 radical (unpaired) electrons. The van der Waals surface area contributed by atoms with E-state index in [0.717, 1.165) is 0 Å². The van der Waals surface area contributed by atoms with Crippen LogP contribution < -0.4 is 11.1 Å². The lowest BCUT2D eigenvalue weighted by Gasteiger charge is -2.09. The molecule has 1 aromatic rings. The Morgan fingerprint density at radius 1 is 1.71 bits per heavy atom. The molecule has 0 aliphatic heterocycles. The number of alkyl halides is 2. The standard InChI is InChI=1S/C9H14F2N4O2/c1-2-15-4-5(12)7(14-15)9(17)13-3-6(16)8(10)11/h4,6,8,16H,2-3,12H2,1H3,(H,13,17). The Bertz CT molecular complexity index is 394. The Hall–Kier alpha value is -1.70. The molecule has 1 unspecified atom stereocenters. The summed E-state index contributed by atoms with van der Waals surface area (Å²) in [5, 5.41) is 14.8. The zero-order chi connectivity index (χ0) is 13.0.